The first kappa shape index (κ1) is 13.7. The number of nitrogens with zero attached hydrogens (tertiary/aromatic N) is 2. The minimum Gasteiger partial charge on any atom is -0.391 e. The SMILES string of the molecule is O=C(c1ccon1)N1CC(O)CC1c1cc(F)ccc1F. The number of hydrogen-bond donors (Lipinski definition) is 1. The number of halogens is 2. The average molecular weight is 294 g/mol. The van der Waals surface area contributed by atoms with Crippen molar-refractivity contribution in [1.82, 2.24) is 10.1 Å². The molecule has 1 saturated heterocycles. The molecule has 1 aliphatic heterocycles. The van der Waals surface area contributed by atoms with Crippen LogP contribution in [0.5, 0.6) is 0 Å². The molecule has 21 heavy (non-hydrogen) atoms. The first-order valence-electron chi connectivity index (χ1n) is 6.40. The van der Waals surface area contributed by atoms with Crippen LogP contribution in [0.1, 0.15) is 28.5 Å². The zero-order valence-electron chi connectivity index (χ0n) is 10.9. The fraction of sp³-hybridized carbons (Fsp3) is 0.286. The molecular formula is C14H12F2N2O3. The van der Waals surface area contributed by atoms with Crippen molar-refractivity contribution in [3.63, 3.8) is 0 Å². The molecule has 1 aliphatic rings. The number of amides is 1. The van der Waals surface area contributed by atoms with Crippen LogP contribution in [0, 0.1) is 11.6 Å². The second kappa shape index (κ2) is 5.25. The van der Waals surface area contributed by atoms with Gasteiger partial charge in [-0.15, -0.1) is 0 Å². The number of benzene rings is 1. The lowest BCUT2D eigenvalue weighted by atomic mass is 10.0. The van der Waals surface area contributed by atoms with Crippen molar-refractivity contribution in [3.8, 4) is 0 Å². The summed E-state index contributed by atoms with van der Waals surface area (Å²) in [6.45, 7) is 0.0340. The van der Waals surface area contributed by atoms with Crippen LogP contribution in [0.2, 0.25) is 0 Å². The van der Waals surface area contributed by atoms with Crippen molar-refractivity contribution >= 4 is 5.91 Å². The molecule has 2 unspecified atom stereocenters. The number of hydrogen-bond acceptors (Lipinski definition) is 4. The van der Waals surface area contributed by atoms with Gasteiger partial charge >= 0.3 is 0 Å². The molecule has 2 atom stereocenters. The number of aliphatic hydroxyl groups excluding tert-OH is 1. The maximum Gasteiger partial charge on any atom is 0.276 e. The molecule has 5 nitrogen and oxygen atoms in total. The van der Waals surface area contributed by atoms with Crippen molar-refractivity contribution in [1.29, 1.82) is 0 Å². The molecule has 0 radical (unpaired) electrons. The van der Waals surface area contributed by atoms with Crippen LogP contribution in [0.4, 0.5) is 8.78 Å². The van der Waals surface area contributed by atoms with Gasteiger partial charge in [-0.1, -0.05) is 5.16 Å². The van der Waals surface area contributed by atoms with E-state index in [1.54, 1.807) is 0 Å². The van der Waals surface area contributed by atoms with E-state index in [0.29, 0.717) is 0 Å². The van der Waals surface area contributed by atoms with Crippen LogP contribution in [0.3, 0.4) is 0 Å². The lowest BCUT2D eigenvalue weighted by molar-refractivity contribution is 0.0703. The van der Waals surface area contributed by atoms with E-state index >= 15 is 0 Å². The summed E-state index contributed by atoms with van der Waals surface area (Å²) in [6, 6.07) is 3.70. The Hall–Kier alpha value is -2.28. The minimum absolute atomic E-state index is 0.0340. The van der Waals surface area contributed by atoms with Gasteiger partial charge in [0.1, 0.15) is 17.9 Å². The third-order valence-electron chi connectivity index (χ3n) is 3.51. The van der Waals surface area contributed by atoms with Crippen LogP contribution in [-0.4, -0.2) is 33.7 Å². The summed E-state index contributed by atoms with van der Waals surface area (Å²) in [4.78, 5) is 13.6. The number of β-amino-alcohol motifs (C(OH)–C–C–N with tert-alkyl or cyclic N) is 1. The molecule has 110 valence electrons. The predicted molar refractivity (Wildman–Crippen MR) is 67.3 cm³/mol. The van der Waals surface area contributed by atoms with E-state index in [1.165, 1.54) is 17.2 Å². The molecule has 7 heteroatoms. The molecule has 1 N–H and O–H groups in total. The molecule has 0 bridgehead atoms. The zero-order valence-corrected chi connectivity index (χ0v) is 10.9. The van der Waals surface area contributed by atoms with Gasteiger partial charge in [-0.25, -0.2) is 8.78 Å². The van der Waals surface area contributed by atoms with Crippen molar-refractivity contribution in [2.75, 3.05) is 6.54 Å². The lowest BCUT2D eigenvalue weighted by Crippen LogP contribution is -2.32. The largest absolute Gasteiger partial charge is 0.391 e. The second-order valence-electron chi connectivity index (χ2n) is 4.91. The summed E-state index contributed by atoms with van der Waals surface area (Å²) in [6.07, 6.45) is 0.593. The summed E-state index contributed by atoms with van der Waals surface area (Å²) in [5, 5.41) is 13.3. The molecule has 0 saturated carbocycles. The first-order valence-corrected chi connectivity index (χ1v) is 6.40. The molecule has 0 spiro atoms. The van der Waals surface area contributed by atoms with Gasteiger partial charge in [-0.2, -0.15) is 0 Å². The van der Waals surface area contributed by atoms with E-state index in [4.69, 9.17) is 0 Å². The Morgan fingerprint density at radius 3 is 2.90 bits per heavy atom. The van der Waals surface area contributed by atoms with Gasteiger partial charge in [0.15, 0.2) is 5.69 Å². The topological polar surface area (TPSA) is 66.6 Å². The van der Waals surface area contributed by atoms with Crippen molar-refractivity contribution in [2.24, 2.45) is 0 Å². The van der Waals surface area contributed by atoms with E-state index in [1.807, 2.05) is 0 Å². The van der Waals surface area contributed by atoms with Gasteiger partial charge in [-0.05, 0) is 24.6 Å². The van der Waals surface area contributed by atoms with E-state index < -0.39 is 29.7 Å². The van der Waals surface area contributed by atoms with Gasteiger partial charge < -0.3 is 14.5 Å². The highest BCUT2D eigenvalue weighted by Gasteiger charge is 2.38. The summed E-state index contributed by atoms with van der Waals surface area (Å²) in [5.41, 5.74) is 0.106. The summed E-state index contributed by atoms with van der Waals surface area (Å²) in [7, 11) is 0. The molecule has 0 aliphatic carbocycles. The number of rotatable bonds is 2. The Labute approximate surface area is 118 Å². The quantitative estimate of drug-likeness (QED) is 0.918. The zero-order chi connectivity index (χ0) is 15.0. The van der Waals surface area contributed by atoms with Gasteiger partial charge in [0.2, 0.25) is 0 Å². The number of likely N-dealkylation sites (tertiary alicyclic amines) is 1. The number of aliphatic hydroxyl groups is 1. The molecule has 3 rings (SSSR count). The summed E-state index contributed by atoms with van der Waals surface area (Å²) < 4.78 is 31.9. The first-order chi connectivity index (χ1) is 10.1. The van der Waals surface area contributed by atoms with Gasteiger partial charge in [0.25, 0.3) is 5.91 Å². The average Bonchev–Trinajstić information content (AvgIpc) is 3.10. The van der Waals surface area contributed by atoms with Gasteiger partial charge in [0, 0.05) is 18.2 Å². The Morgan fingerprint density at radius 1 is 1.38 bits per heavy atom. The van der Waals surface area contributed by atoms with Gasteiger partial charge in [0.05, 0.1) is 12.1 Å². The maximum atomic E-state index is 13.9. The van der Waals surface area contributed by atoms with Crippen LogP contribution >= 0.6 is 0 Å². The van der Waals surface area contributed by atoms with E-state index in [-0.39, 0.29) is 24.2 Å². The smallest absolute Gasteiger partial charge is 0.276 e. The Morgan fingerprint density at radius 2 is 2.19 bits per heavy atom. The Bertz CT molecular complexity index is 660. The molecular weight excluding hydrogens is 282 g/mol. The predicted octanol–water partition coefficient (Wildman–Crippen LogP) is 1.90. The van der Waals surface area contributed by atoms with Crippen molar-refractivity contribution < 1.29 is 23.2 Å². The maximum absolute atomic E-state index is 13.9. The monoisotopic (exact) mass is 294 g/mol. The third-order valence-corrected chi connectivity index (χ3v) is 3.51. The highest BCUT2D eigenvalue weighted by Crippen LogP contribution is 2.34. The molecule has 1 aromatic heterocycles. The lowest BCUT2D eigenvalue weighted by Gasteiger charge is -2.24. The third kappa shape index (κ3) is 2.52. The molecule has 1 amide bonds. The normalized spacial score (nSPS) is 21.8. The molecule has 1 fully saturated rings. The highest BCUT2D eigenvalue weighted by atomic mass is 19.1. The standard InChI is InChI=1S/C14H12F2N2O3/c15-8-1-2-11(16)10(5-8)13-6-9(19)7-18(13)14(20)12-3-4-21-17-12/h1-5,9,13,19H,6-7H2. The minimum atomic E-state index is -0.798. The highest BCUT2D eigenvalue weighted by molar-refractivity contribution is 5.92. The van der Waals surface area contributed by atoms with Crippen LogP contribution < -0.4 is 0 Å². The summed E-state index contributed by atoms with van der Waals surface area (Å²) in [5.74, 6) is -1.70. The van der Waals surface area contributed by atoms with Crippen LogP contribution in [-0.2, 0) is 0 Å². The number of aromatic nitrogens is 1. The number of carbonyl (C=O) groups excluding carboxylic acids is 1. The van der Waals surface area contributed by atoms with Crippen molar-refractivity contribution in [3.05, 3.63) is 53.4 Å². The fourth-order valence-electron chi connectivity index (χ4n) is 2.57. The number of carbonyl (C=O) groups is 1. The van der Waals surface area contributed by atoms with E-state index in [2.05, 4.69) is 9.68 Å². The van der Waals surface area contributed by atoms with Gasteiger partial charge in [-0.3, -0.25) is 4.79 Å². The van der Waals surface area contributed by atoms with Crippen LogP contribution in [0.25, 0.3) is 0 Å². The second-order valence-corrected chi connectivity index (χ2v) is 4.91. The Balaban J connectivity index is 1.96. The molecule has 2 aromatic rings. The van der Waals surface area contributed by atoms with Crippen LogP contribution in [0.15, 0.2) is 35.1 Å². The molecule has 2 heterocycles. The Kier molecular flexibility index (Phi) is 3.42. The van der Waals surface area contributed by atoms with E-state index in [0.717, 1.165) is 18.2 Å². The summed E-state index contributed by atoms with van der Waals surface area (Å²) >= 11 is 0. The van der Waals surface area contributed by atoms with Crippen molar-refractivity contribution in [2.45, 2.75) is 18.6 Å². The van der Waals surface area contributed by atoms with E-state index in [9.17, 15) is 18.7 Å². The molecule has 1 aromatic carbocycles. The fourth-order valence-corrected chi connectivity index (χ4v) is 2.57.